The molecule has 2 aliphatic heterocycles. The molecular formula is C17H29F6N5O2. The summed E-state index contributed by atoms with van der Waals surface area (Å²) in [5, 5.41) is 14.8. The van der Waals surface area contributed by atoms with Gasteiger partial charge in [0.1, 0.15) is 19.2 Å². The van der Waals surface area contributed by atoms with E-state index in [1.807, 2.05) is 0 Å². The Labute approximate surface area is 171 Å². The molecular weight excluding hydrogens is 420 g/mol. The Morgan fingerprint density at radius 3 is 2.37 bits per heavy atom. The van der Waals surface area contributed by atoms with Gasteiger partial charge in [0, 0.05) is 19.2 Å². The molecule has 7 nitrogen and oxygen atoms in total. The number of ether oxygens (including phenoxy) is 2. The van der Waals surface area contributed by atoms with E-state index in [0.717, 1.165) is 12.8 Å². The second-order valence-corrected chi connectivity index (χ2v) is 7.98. The van der Waals surface area contributed by atoms with Crippen molar-refractivity contribution < 1.29 is 35.8 Å². The monoisotopic (exact) mass is 449 g/mol. The van der Waals surface area contributed by atoms with Gasteiger partial charge in [0.25, 0.3) is 0 Å². The van der Waals surface area contributed by atoms with Gasteiger partial charge in [0.15, 0.2) is 6.35 Å². The van der Waals surface area contributed by atoms with Gasteiger partial charge < -0.3 is 9.47 Å². The fourth-order valence-electron chi connectivity index (χ4n) is 4.03. The molecule has 13 heteroatoms. The van der Waals surface area contributed by atoms with Crippen LogP contribution in [0.1, 0.15) is 38.5 Å². The van der Waals surface area contributed by atoms with E-state index in [4.69, 9.17) is 9.47 Å². The lowest BCUT2D eigenvalue weighted by Gasteiger charge is -2.42. The predicted molar refractivity (Wildman–Crippen MR) is 94.7 cm³/mol. The Morgan fingerprint density at radius 2 is 1.70 bits per heavy atom. The Morgan fingerprint density at radius 1 is 0.933 bits per heavy atom. The molecule has 2 saturated heterocycles. The highest BCUT2D eigenvalue weighted by Crippen LogP contribution is 2.37. The molecule has 0 aromatic carbocycles. The summed E-state index contributed by atoms with van der Waals surface area (Å²) < 4.78 is 87.2. The second-order valence-electron chi connectivity index (χ2n) is 7.98. The predicted octanol–water partition coefficient (Wildman–Crippen LogP) is 1.68. The molecule has 30 heavy (non-hydrogen) atoms. The van der Waals surface area contributed by atoms with Crippen LogP contribution < -0.4 is 26.6 Å². The average molecular weight is 449 g/mol. The maximum atomic E-state index is 13.1. The van der Waals surface area contributed by atoms with Gasteiger partial charge in [0.2, 0.25) is 0 Å². The normalized spacial score (nSPS) is 36.2. The Balaban J connectivity index is 1.55. The zero-order chi connectivity index (χ0) is 21.8. The Kier molecular flexibility index (Phi) is 8.21. The van der Waals surface area contributed by atoms with Crippen LogP contribution in [-0.2, 0) is 9.47 Å². The molecule has 1 saturated carbocycles. The molecule has 0 amide bonds. The van der Waals surface area contributed by atoms with E-state index in [1.165, 1.54) is 0 Å². The van der Waals surface area contributed by atoms with Crippen LogP contribution in [0.25, 0.3) is 0 Å². The summed E-state index contributed by atoms with van der Waals surface area (Å²) in [7, 11) is 0. The molecule has 0 radical (unpaired) electrons. The van der Waals surface area contributed by atoms with Crippen molar-refractivity contribution in [1.29, 1.82) is 0 Å². The van der Waals surface area contributed by atoms with Gasteiger partial charge in [-0.15, -0.1) is 0 Å². The molecule has 1 aliphatic carbocycles. The van der Waals surface area contributed by atoms with Gasteiger partial charge in [-0.1, -0.05) is 6.42 Å². The molecule has 3 aliphatic rings. The van der Waals surface area contributed by atoms with Crippen LogP contribution >= 0.6 is 0 Å². The molecule has 0 aromatic heterocycles. The highest BCUT2D eigenvalue weighted by atomic mass is 19.4. The van der Waals surface area contributed by atoms with E-state index in [1.54, 1.807) is 0 Å². The molecule has 0 spiro atoms. The molecule has 3 fully saturated rings. The minimum absolute atomic E-state index is 0.00956. The van der Waals surface area contributed by atoms with E-state index in [0.29, 0.717) is 26.0 Å². The van der Waals surface area contributed by atoms with Gasteiger partial charge in [-0.25, -0.2) is 0 Å². The fourth-order valence-corrected chi connectivity index (χ4v) is 4.03. The lowest BCUT2D eigenvalue weighted by Crippen LogP contribution is -2.76. The second kappa shape index (κ2) is 10.3. The molecule has 176 valence electrons. The lowest BCUT2D eigenvalue weighted by molar-refractivity contribution is -0.199. The third kappa shape index (κ3) is 7.77. The first-order valence-electron chi connectivity index (χ1n) is 10.2. The van der Waals surface area contributed by atoms with Crippen LogP contribution in [-0.4, -0.2) is 63.2 Å². The summed E-state index contributed by atoms with van der Waals surface area (Å²) >= 11 is 0. The molecule has 0 aromatic rings. The summed E-state index contributed by atoms with van der Waals surface area (Å²) in [6.45, 7) is -0.311. The van der Waals surface area contributed by atoms with Crippen molar-refractivity contribution in [3.63, 3.8) is 0 Å². The maximum Gasteiger partial charge on any atom is 0.411 e. The highest BCUT2D eigenvalue weighted by Gasteiger charge is 2.43. The summed E-state index contributed by atoms with van der Waals surface area (Å²) in [6.07, 6.45) is -8.39. The van der Waals surface area contributed by atoms with Crippen LogP contribution in [0.2, 0.25) is 0 Å². The van der Waals surface area contributed by atoms with Crippen molar-refractivity contribution in [3.05, 3.63) is 0 Å². The first kappa shape index (κ1) is 24.0. The summed E-state index contributed by atoms with van der Waals surface area (Å²) in [5.74, 6) is -1.38. The fraction of sp³-hybridized carbons (Fsp3) is 1.00. The van der Waals surface area contributed by atoms with Gasteiger partial charge in [-0.2, -0.15) is 26.3 Å². The standard InChI is InChI=1S/C17H29F6N5O2/c18-16(19,20)9-30-15-27-13(24-8-12-5-2-6-29-12)26-14(28-15)25-11-4-1-3-10(7-11)17(21,22)23/h10-15,24-28H,1-9H2. The maximum absolute atomic E-state index is 13.1. The first-order chi connectivity index (χ1) is 14.1. The van der Waals surface area contributed by atoms with E-state index in [2.05, 4.69) is 26.6 Å². The van der Waals surface area contributed by atoms with Crippen LogP contribution in [0.5, 0.6) is 0 Å². The van der Waals surface area contributed by atoms with Crippen molar-refractivity contribution in [1.82, 2.24) is 26.6 Å². The molecule has 6 unspecified atom stereocenters. The lowest BCUT2D eigenvalue weighted by atomic mass is 9.85. The zero-order valence-electron chi connectivity index (χ0n) is 16.4. The molecule has 3 rings (SSSR count). The van der Waals surface area contributed by atoms with Crippen molar-refractivity contribution in [3.8, 4) is 0 Å². The van der Waals surface area contributed by atoms with Crippen LogP contribution in [0, 0.1) is 5.92 Å². The van der Waals surface area contributed by atoms with Crippen LogP contribution in [0.15, 0.2) is 0 Å². The minimum Gasteiger partial charge on any atom is -0.377 e. The number of hydrogen-bond acceptors (Lipinski definition) is 7. The van der Waals surface area contributed by atoms with Crippen molar-refractivity contribution >= 4 is 0 Å². The largest absolute Gasteiger partial charge is 0.411 e. The van der Waals surface area contributed by atoms with Gasteiger partial charge in [0.05, 0.1) is 12.0 Å². The van der Waals surface area contributed by atoms with Gasteiger partial charge in [-0.05, 0) is 32.1 Å². The van der Waals surface area contributed by atoms with Crippen molar-refractivity contribution in [2.75, 3.05) is 19.8 Å². The number of rotatable bonds is 7. The molecule has 6 atom stereocenters. The quantitative estimate of drug-likeness (QED) is 0.379. The third-order valence-corrected chi connectivity index (χ3v) is 5.50. The number of alkyl halides is 6. The van der Waals surface area contributed by atoms with Crippen LogP contribution in [0.4, 0.5) is 26.3 Å². The van der Waals surface area contributed by atoms with E-state index in [-0.39, 0.29) is 18.9 Å². The van der Waals surface area contributed by atoms with Crippen LogP contribution in [0.3, 0.4) is 0 Å². The van der Waals surface area contributed by atoms with E-state index < -0.39 is 49.9 Å². The van der Waals surface area contributed by atoms with E-state index >= 15 is 0 Å². The zero-order valence-corrected chi connectivity index (χ0v) is 16.4. The summed E-state index contributed by atoms with van der Waals surface area (Å²) in [6, 6.07) is -0.421. The SMILES string of the molecule is FC(F)(F)COC1NC(NCC2CCCO2)NC(NC2CCCC(C(F)(F)F)C2)N1. The molecule has 0 bridgehead atoms. The average Bonchev–Trinajstić information content (AvgIpc) is 3.17. The minimum atomic E-state index is -4.50. The number of halogens is 6. The van der Waals surface area contributed by atoms with Gasteiger partial charge >= 0.3 is 12.4 Å². The molecule has 5 N–H and O–H groups in total. The first-order valence-corrected chi connectivity index (χ1v) is 10.2. The van der Waals surface area contributed by atoms with Crippen molar-refractivity contribution in [2.45, 2.75) is 82.0 Å². The third-order valence-electron chi connectivity index (χ3n) is 5.50. The Bertz CT molecular complexity index is 532. The van der Waals surface area contributed by atoms with E-state index in [9.17, 15) is 26.3 Å². The summed E-state index contributed by atoms with van der Waals surface area (Å²) in [4.78, 5) is 0. The smallest absolute Gasteiger partial charge is 0.377 e. The van der Waals surface area contributed by atoms with Crippen molar-refractivity contribution in [2.24, 2.45) is 5.92 Å². The topological polar surface area (TPSA) is 78.6 Å². The van der Waals surface area contributed by atoms with Gasteiger partial charge in [-0.3, -0.25) is 26.6 Å². The number of nitrogens with one attached hydrogen (secondary N) is 5. The summed E-state index contributed by atoms with van der Waals surface area (Å²) in [5.41, 5.74) is 0. The number of hydrogen-bond donors (Lipinski definition) is 5. The highest BCUT2D eigenvalue weighted by molar-refractivity contribution is 4.86. The Hall–Kier alpha value is -0.700. The molecule has 2 heterocycles.